The normalized spacial score (nSPS) is 17.2. The van der Waals surface area contributed by atoms with Crippen molar-refractivity contribution in [3.63, 3.8) is 0 Å². The molecule has 0 aliphatic heterocycles. The number of hydrogen-bond acceptors (Lipinski definition) is 4. The van der Waals surface area contributed by atoms with Crippen LogP contribution >= 0.6 is 11.3 Å². The lowest BCUT2D eigenvalue weighted by molar-refractivity contribution is -0.122. The number of benzene rings is 1. The third-order valence-electron chi connectivity index (χ3n) is 4.68. The average molecular weight is 372 g/mol. The summed E-state index contributed by atoms with van der Waals surface area (Å²) < 4.78 is 5.79. The number of fused-ring (bicyclic) bond motifs is 1. The van der Waals surface area contributed by atoms with Crippen LogP contribution in [0.1, 0.15) is 47.5 Å². The van der Waals surface area contributed by atoms with Gasteiger partial charge >= 0.3 is 0 Å². The molecule has 3 rings (SSSR count). The largest absolute Gasteiger partial charge is 0.481 e. The number of anilines is 1. The Morgan fingerprint density at radius 1 is 1.35 bits per heavy atom. The van der Waals surface area contributed by atoms with E-state index in [4.69, 9.17) is 10.5 Å². The minimum atomic E-state index is -0.629. The first-order valence-corrected chi connectivity index (χ1v) is 9.78. The number of nitrogens with one attached hydrogen (secondary N) is 1. The first kappa shape index (κ1) is 18.5. The van der Waals surface area contributed by atoms with Crippen molar-refractivity contribution >= 4 is 28.2 Å². The molecule has 26 heavy (non-hydrogen) atoms. The van der Waals surface area contributed by atoms with Crippen LogP contribution in [0.2, 0.25) is 0 Å². The van der Waals surface area contributed by atoms with E-state index in [1.807, 2.05) is 37.3 Å². The van der Waals surface area contributed by atoms with Crippen LogP contribution in [0.3, 0.4) is 0 Å². The molecule has 138 valence electrons. The van der Waals surface area contributed by atoms with Gasteiger partial charge in [0.2, 0.25) is 0 Å². The van der Waals surface area contributed by atoms with Crippen molar-refractivity contribution in [1.29, 1.82) is 0 Å². The number of rotatable bonds is 6. The molecule has 1 aliphatic carbocycles. The monoisotopic (exact) mass is 372 g/mol. The van der Waals surface area contributed by atoms with Gasteiger partial charge < -0.3 is 15.8 Å². The van der Waals surface area contributed by atoms with Crippen molar-refractivity contribution in [1.82, 2.24) is 0 Å². The van der Waals surface area contributed by atoms with E-state index in [1.165, 1.54) is 11.3 Å². The topological polar surface area (TPSA) is 81.4 Å². The summed E-state index contributed by atoms with van der Waals surface area (Å²) in [6.45, 7) is 4.09. The Bertz CT molecular complexity index is 801. The van der Waals surface area contributed by atoms with Gasteiger partial charge in [-0.1, -0.05) is 32.0 Å². The molecule has 3 N–H and O–H groups in total. The van der Waals surface area contributed by atoms with Gasteiger partial charge in [-0.3, -0.25) is 9.59 Å². The molecule has 0 saturated heterocycles. The molecule has 0 bridgehead atoms. The second-order valence-electron chi connectivity index (χ2n) is 6.74. The van der Waals surface area contributed by atoms with Gasteiger partial charge in [0.05, 0.1) is 5.56 Å². The van der Waals surface area contributed by atoms with E-state index >= 15 is 0 Å². The van der Waals surface area contributed by atoms with Gasteiger partial charge in [0.1, 0.15) is 10.8 Å². The van der Waals surface area contributed by atoms with Crippen LogP contribution in [-0.4, -0.2) is 17.9 Å². The Balaban J connectivity index is 1.81. The van der Waals surface area contributed by atoms with Gasteiger partial charge in [-0.25, -0.2) is 0 Å². The minimum Gasteiger partial charge on any atom is -0.481 e. The SMILES string of the molecule is CC[C@@H](Oc1ccccc1)C(=O)Nc1sc2c(c1C(N)=O)CC[C@H](C)C2. The highest BCUT2D eigenvalue weighted by Crippen LogP contribution is 2.39. The van der Waals surface area contributed by atoms with Crippen molar-refractivity contribution in [2.24, 2.45) is 11.7 Å². The van der Waals surface area contributed by atoms with Crippen LogP contribution in [-0.2, 0) is 17.6 Å². The molecular formula is C20H24N2O3S. The molecule has 0 unspecified atom stereocenters. The molecule has 1 aromatic heterocycles. The fraction of sp³-hybridized carbons (Fsp3) is 0.400. The van der Waals surface area contributed by atoms with E-state index in [2.05, 4.69) is 12.2 Å². The number of primary amides is 1. The first-order chi connectivity index (χ1) is 12.5. The Labute approximate surface area is 157 Å². The summed E-state index contributed by atoms with van der Waals surface area (Å²) >= 11 is 1.47. The molecule has 2 atom stereocenters. The van der Waals surface area contributed by atoms with Gasteiger partial charge in [0, 0.05) is 4.88 Å². The zero-order valence-corrected chi connectivity index (χ0v) is 15.9. The summed E-state index contributed by atoms with van der Waals surface area (Å²) in [6.07, 6.45) is 2.68. The quantitative estimate of drug-likeness (QED) is 0.810. The summed E-state index contributed by atoms with van der Waals surface area (Å²) in [5.74, 6) is 0.481. The predicted molar refractivity (Wildman–Crippen MR) is 104 cm³/mol. The number of carbonyl (C=O) groups is 2. The molecule has 5 nitrogen and oxygen atoms in total. The maximum atomic E-state index is 12.7. The molecule has 0 spiro atoms. The molecule has 2 aromatic rings. The molecule has 1 aliphatic rings. The number of ether oxygens (including phenoxy) is 1. The smallest absolute Gasteiger partial charge is 0.266 e. The lowest BCUT2D eigenvalue weighted by Gasteiger charge is -2.18. The average Bonchev–Trinajstić information content (AvgIpc) is 2.97. The standard InChI is InChI=1S/C20H24N2O3S/c1-3-15(25-13-7-5-4-6-8-13)19(24)22-20-17(18(21)23)14-10-9-12(2)11-16(14)26-20/h4-8,12,15H,3,9-11H2,1-2H3,(H2,21,23)(H,22,24)/t12-,15+/m0/s1. The lowest BCUT2D eigenvalue weighted by atomic mass is 9.88. The molecule has 2 amide bonds. The maximum absolute atomic E-state index is 12.7. The third-order valence-corrected chi connectivity index (χ3v) is 5.85. The Kier molecular flexibility index (Phi) is 5.61. The van der Waals surface area contributed by atoms with Gasteiger partial charge in [-0.2, -0.15) is 0 Å². The van der Waals surface area contributed by atoms with Crippen LogP contribution in [0.25, 0.3) is 0 Å². The molecule has 0 saturated carbocycles. The Morgan fingerprint density at radius 2 is 2.08 bits per heavy atom. The van der Waals surface area contributed by atoms with Crippen molar-refractivity contribution in [2.75, 3.05) is 5.32 Å². The highest BCUT2D eigenvalue weighted by molar-refractivity contribution is 7.17. The van der Waals surface area contributed by atoms with Gasteiger partial charge in [-0.05, 0) is 49.3 Å². The summed E-state index contributed by atoms with van der Waals surface area (Å²) in [6, 6.07) is 9.25. The van der Waals surface area contributed by atoms with Crippen LogP contribution in [0.4, 0.5) is 5.00 Å². The molecule has 0 radical (unpaired) electrons. The first-order valence-electron chi connectivity index (χ1n) is 8.96. The second-order valence-corrected chi connectivity index (χ2v) is 7.84. The van der Waals surface area contributed by atoms with E-state index in [1.54, 1.807) is 0 Å². The fourth-order valence-electron chi connectivity index (χ4n) is 3.28. The van der Waals surface area contributed by atoms with E-state index in [0.29, 0.717) is 28.7 Å². The van der Waals surface area contributed by atoms with Crippen molar-refractivity contribution < 1.29 is 14.3 Å². The predicted octanol–water partition coefficient (Wildman–Crippen LogP) is 3.77. The van der Waals surface area contributed by atoms with Crippen molar-refractivity contribution in [3.05, 3.63) is 46.3 Å². The Hall–Kier alpha value is -2.34. The lowest BCUT2D eigenvalue weighted by Crippen LogP contribution is -2.32. The van der Waals surface area contributed by atoms with Crippen LogP contribution < -0.4 is 15.8 Å². The van der Waals surface area contributed by atoms with E-state index in [-0.39, 0.29) is 5.91 Å². The van der Waals surface area contributed by atoms with E-state index < -0.39 is 12.0 Å². The molecule has 1 heterocycles. The Morgan fingerprint density at radius 3 is 2.73 bits per heavy atom. The van der Waals surface area contributed by atoms with Gasteiger partial charge in [-0.15, -0.1) is 11.3 Å². The molecular weight excluding hydrogens is 348 g/mol. The number of para-hydroxylation sites is 1. The second kappa shape index (κ2) is 7.91. The van der Waals surface area contributed by atoms with Gasteiger partial charge in [0.15, 0.2) is 6.10 Å². The number of amides is 2. The highest BCUT2D eigenvalue weighted by atomic mass is 32.1. The summed E-state index contributed by atoms with van der Waals surface area (Å²) in [4.78, 5) is 25.9. The maximum Gasteiger partial charge on any atom is 0.266 e. The van der Waals surface area contributed by atoms with Crippen molar-refractivity contribution in [2.45, 2.75) is 45.6 Å². The summed E-state index contributed by atoms with van der Waals surface area (Å²) in [5, 5.41) is 3.44. The number of nitrogens with two attached hydrogens (primary N) is 1. The van der Waals surface area contributed by atoms with Crippen LogP contribution in [0.5, 0.6) is 5.75 Å². The zero-order valence-electron chi connectivity index (χ0n) is 15.1. The van der Waals surface area contributed by atoms with E-state index in [0.717, 1.165) is 29.7 Å². The van der Waals surface area contributed by atoms with Crippen molar-refractivity contribution in [3.8, 4) is 5.75 Å². The van der Waals surface area contributed by atoms with Gasteiger partial charge in [0.25, 0.3) is 11.8 Å². The summed E-state index contributed by atoms with van der Waals surface area (Å²) in [5.41, 5.74) is 7.09. The molecule has 1 aromatic carbocycles. The third kappa shape index (κ3) is 3.90. The molecule has 6 heteroatoms. The fourth-order valence-corrected chi connectivity index (χ4v) is 4.70. The van der Waals surface area contributed by atoms with Crippen LogP contribution in [0, 0.1) is 5.92 Å². The highest BCUT2D eigenvalue weighted by Gasteiger charge is 2.28. The zero-order chi connectivity index (χ0) is 18.7. The van der Waals surface area contributed by atoms with E-state index in [9.17, 15) is 9.59 Å². The summed E-state index contributed by atoms with van der Waals surface area (Å²) in [7, 11) is 0. The molecule has 0 fully saturated rings. The number of carbonyl (C=O) groups excluding carboxylic acids is 2. The minimum absolute atomic E-state index is 0.259. The van der Waals surface area contributed by atoms with Crippen LogP contribution in [0.15, 0.2) is 30.3 Å². The number of hydrogen-bond donors (Lipinski definition) is 2. The number of thiophene rings is 1.